The zero-order valence-electron chi connectivity index (χ0n) is 11.3. The quantitative estimate of drug-likeness (QED) is 0.934. The topological polar surface area (TPSA) is 54.3 Å². The number of rotatable bonds is 3. The Morgan fingerprint density at radius 1 is 1.20 bits per heavy atom. The van der Waals surface area contributed by atoms with Crippen LogP contribution < -0.4 is 14.8 Å². The van der Waals surface area contributed by atoms with Crippen LogP contribution >= 0.6 is 11.3 Å². The highest BCUT2D eigenvalue weighted by Crippen LogP contribution is 2.40. The van der Waals surface area contributed by atoms with E-state index in [9.17, 15) is 0 Å². The van der Waals surface area contributed by atoms with Crippen molar-refractivity contribution in [2.45, 2.75) is 26.2 Å². The van der Waals surface area contributed by atoms with E-state index in [1.807, 2.05) is 44.2 Å². The summed E-state index contributed by atoms with van der Waals surface area (Å²) in [4.78, 5) is 1.86. The van der Waals surface area contributed by atoms with Crippen LogP contribution in [0, 0.1) is 11.3 Å². The molecule has 4 nitrogen and oxygen atoms in total. The predicted octanol–water partition coefficient (Wildman–Crippen LogP) is 3.74. The Morgan fingerprint density at radius 3 is 2.75 bits per heavy atom. The molecule has 1 N–H and O–H groups in total. The number of thiophene rings is 1. The Labute approximate surface area is 121 Å². The Balaban J connectivity index is 1.69. The average Bonchev–Trinajstić information content (AvgIpc) is 2.97. The van der Waals surface area contributed by atoms with Crippen molar-refractivity contribution in [2.75, 3.05) is 5.32 Å². The van der Waals surface area contributed by atoms with Gasteiger partial charge < -0.3 is 14.8 Å². The summed E-state index contributed by atoms with van der Waals surface area (Å²) in [6.07, 6.45) is 0. The Bertz CT molecular complexity index is 685. The summed E-state index contributed by atoms with van der Waals surface area (Å²) < 4.78 is 11.4. The fraction of sp³-hybridized carbons (Fsp3) is 0.267. The van der Waals surface area contributed by atoms with Crippen molar-refractivity contribution in [3.8, 4) is 17.6 Å². The van der Waals surface area contributed by atoms with E-state index >= 15 is 0 Å². The first-order valence-corrected chi connectivity index (χ1v) is 7.12. The highest BCUT2D eigenvalue weighted by molar-refractivity contribution is 7.12. The number of ether oxygens (including phenoxy) is 2. The minimum absolute atomic E-state index is 0.601. The molecule has 3 rings (SSSR count). The summed E-state index contributed by atoms with van der Waals surface area (Å²) in [6, 6.07) is 11.7. The molecule has 0 aliphatic carbocycles. The van der Waals surface area contributed by atoms with Crippen LogP contribution in [-0.4, -0.2) is 5.79 Å². The largest absolute Gasteiger partial charge is 0.449 e. The minimum atomic E-state index is -0.601. The zero-order valence-corrected chi connectivity index (χ0v) is 12.1. The highest BCUT2D eigenvalue weighted by atomic mass is 32.1. The number of nitrogens with one attached hydrogen (secondary N) is 1. The summed E-state index contributed by atoms with van der Waals surface area (Å²) in [5, 5.41) is 12.1. The molecule has 0 spiro atoms. The monoisotopic (exact) mass is 286 g/mol. The van der Waals surface area contributed by atoms with Gasteiger partial charge >= 0.3 is 0 Å². The molecule has 1 aliphatic rings. The molecule has 0 amide bonds. The average molecular weight is 286 g/mol. The molecule has 0 fully saturated rings. The molecule has 2 heterocycles. The van der Waals surface area contributed by atoms with Crippen LogP contribution in [0.15, 0.2) is 30.3 Å². The van der Waals surface area contributed by atoms with Crippen molar-refractivity contribution in [1.82, 2.24) is 0 Å². The molecule has 20 heavy (non-hydrogen) atoms. The van der Waals surface area contributed by atoms with Crippen molar-refractivity contribution in [1.29, 1.82) is 5.26 Å². The van der Waals surface area contributed by atoms with Crippen LogP contribution in [0.2, 0.25) is 0 Å². The second-order valence-corrected chi connectivity index (χ2v) is 6.17. The summed E-state index contributed by atoms with van der Waals surface area (Å²) in [7, 11) is 0. The summed E-state index contributed by atoms with van der Waals surface area (Å²) >= 11 is 1.50. The third-order valence-electron chi connectivity index (χ3n) is 2.89. The van der Waals surface area contributed by atoms with E-state index in [-0.39, 0.29) is 0 Å². The number of fused-ring (bicyclic) bond motifs is 1. The molecule has 1 aliphatic heterocycles. The maximum absolute atomic E-state index is 8.80. The van der Waals surface area contributed by atoms with Crippen LogP contribution in [0.4, 0.5) is 5.69 Å². The van der Waals surface area contributed by atoms with Crippen LogP contribution in [0.3, 0.4) is 0 Å². The second-order valence-electron chi connectivity index (χ2n) is 5.00. The fourth-order valence-corrected chi connectivity index (χ4v) is 2.80. The van der Waals surface area contributed by atoms with Crippen molar-refractivity contribution in [2.24, 2.45) is 0 Å². The Hall–Kier alpha value is -2.19. The number of nitriles is 1. The van der Waals surface area contributed by atoms with Gasteiger partial charge in [0.1, 0.15) is 10.9 Å². The first-order valence-electron chi connectivity index (χ1n) is 6.30. The zero-order chi connectivity index (χ0) is 14.2. The van der Waals surface area contributed by atoms with Crippen LogP contribution in [-0.2, 0) is 6.54 Å². The Morgan fingerprint density at radius 2 is 2.00 bits per heavy atom. The van der Waals surface area contributed by atoms with Crippen LogP contribution in [0.5, 0.6) is 11.5 Å². The summed E-state index contributed by atoms with van der Waals surface area (Å²) in [5.41, 5.74) is 0.969. The summed E-state index contributed by atoms with van der Waals surface area (Å²) in [5.74, 6) is 0.920. The second kappa shape index (κ2) is 4.73. The summed E-state index contributed by atoms with van der Waals surface area (Å²) in [6.45, 7) is 4.46. The van der Waals surface area contributed by atoms with Gasteiger partial charge in [0, 0.05) is 37.0 Å². The van der Waals surface area contributed by atoms with Gasteiger partial charge in [-0.1, -0.05) is 0 Å². The molecule has 0 unspecified atom stereocenters. The van der Waals surface area contributed by atoms with Gasteiger partial charge in [-0.3, -0.25) is 0 Å². The van der Waals surface area contributed by atoms with Gasteiger partial charge in [0.2, 0.25) is 5.79 Å². The molecule has 0 radical (unpaired) electrons. The smallest absolute Gasteiger partial charge is 0.246 e. The first-order chi connectivity index (χ1) is 9.55. The van der Waals surface area contributed by atoms with E-state index < -0.39 is 5.79 Å². The SMILES string of the molecule is CC1(C)Oc2ccc(NCc3ccc(C#N)s3)cc2O1. The molecular weight excluding hydrogens is 272 g/mol. The van der Waals surface area contributed by atoms with Crippen molar-refractivity contribution >= 4 is 17.0 Å². The van der Waals surface area contributed by atoms with Gasteiger partial charge in [-0.15, -0.1) is 11.3 Å². The minimum Gasteiger partial charge on any atom is -0.449 e. The predicted molar refractivity (Wildman–Crippen MR) is 78.1 cm³/mol. The maximum Gasteiger partial charge on any atom is 0.246 e. The van der Waals surface area contributed by atoms with Gasteiger partial charge in [-0.05, 0) is 24.3 Å². The van der Waals surface area contributed by atoms with Gasteiger partial charge in [0.05, 0.1) is 0 Å². The van der Waals surface area contributed by atoms with Gasteiger partial charge in [-0.25, -0.2) is 0 Å². The maximum atomic E-state index is 8.80. The third kappa shape index (κ3) is 2.56. The van der Waals surface area contributed by atoms with Crippen LogP contribution in [0.25, 0.3) is 0 Å². The molecule has 1 aromatic carbocycles. The van der Waals surface area contributed by atoms with Crippen molar-refractivity contribution < 1.29 is 9.47 Å². The van der Waals surface area contributed by atoms with Crippen molar-refractivity contribution in [3.63, 3.8) is 0 Å². The van der Waals surface area contributed by atoms with Gasteiger partial charge in [0.25, 0.3) is 0 Å². The van der Waals surface area contributed by atoms with Gasteiger partial charge in [0.15, 0.2) is 11.5 Å². The van der Waals surface area contributed by atoms with E-state index in [1.165, 1.54) is 11.3 Å². The first kappa shape index (κ1) is 12.8. The molecule has 0 bridgehead atoms. The molecule has 0 saturated carbocycles. The lowest BCUT2D eigenvalue weighted by molar-refractivity contribution is -0.0431. The molecule has 102 valence electrons. The molecule has 1 aromatic heterocycles. The van der Waals surface area contributed by atoms with E-state index in [0.29, 0.717) is 6.54 Å². The molecule has 2 aromatic rings. The van der Waals surface area contributed by atoms with E-state index in [2.05, 4.69) is 11.4 Å². The number of anilines is 1. The van der Waals surface area contributed by atoms with E-state index in [0.717, 1.165) is 26.9 Å². The van der Waals surface area contributed by atoms with Crippen molar-refractivity contribution in [3.05, 3.63) is 40.1 Å². The number of benzene rings is 1. The standard InChI is InChI=1S/C15H14N2O2S/c1-15(2)18-13-6-3-10(7-14(13)19-15)17-9-12-5-4-11(8-16)20-12/h3-7,17H,9H2,1-2H3. The number of hydrogen-bond acceptors (Lipinski definition) is 5. The van der Waals surface area contributed by atoms with E-state index in [1.54, 1.807) is 0 Å². The molecule has 5 heteroatoms. The number of hydrogen-bond donors (Lipinski definition) is 1. The lowest BCUT2D eigenvalue weighted by Crippen LogP contribution is -2.29. The Kier molecular flexibility index (Phi) is 3.03. The molecule has 0 saturated heterocycles. The normalized spacial score (nSPS) is 14.8. The highest BCUT2D eigenvalue weighted by Gasteiger charge is 2.31. The van der Waals surface area contributed by atoms with Crippen LogP contribution in [0.1, 0.15) is 23.6 Å². The van der Waals surface area contributed by atoms with Gasteiger partial charge in [-0.2, -0.15) is 5.26 Å². The molecular formula is C15H14N2O2S. The fourth-order valence-electron chi connectivity index (χ4n) is 2.05. The molecule has 0 atom stereocenters. The number of nitrogens with zero attached hydrogens (tertiary/aromatic N) is 1. The van der Waals surface area contributed by atoms with E-state index in [4.69, 9.17) is 14.7 Å². The lowest BCUT2D eigenvalue weighted by atomic mass is 10.2. The third-order valence-corrected chi connectivity index (χ3v) is 3.88. The lowest BCUT2D eigenvalue weighted by Gasteiger charge is -2.16.